The van der Waals surface area contributed by atoms with Gasteiger partial charge in [-0.05, 0) is 154 Å². The molecule has 0 aromatic heterocycles. The summed E-state index contributed by atoms with van der Waals surface area (Å²) >= 11 is 1.84. The van der Waals surface area contributed by atoms with E-state index in [0.29, 0.717) is 12.4 Å². The Morgan fingerprint density at radius 2 is 0.741 bits per heavy atom. The first kappa shape index (κ1) is 44.9. The van der Waals surface area contributed by atoms with Gasteiger partial charge in [-0.1, -0.05) is 119 Å². The molecule has 0 unspecified atom stereocenters. The van der Waals surface area contributed by atoms with Crippen LogP contribution in [0, 0.1) is 20.8 Å². The van der Waals surface area contributed by atoms with Crippen molar-refractivity contribution in [2.24, 2.45) is 0 Å². The Balaban J connectivity index is 1.81. The van der Waals surface area contributed by atoms with E-state index in [4.69, 9.17) is 4.74 Å². The molecule has 0 aliphatic carbocycles. The highest BCUT2D eigenvalue weighted by Crippen LogP contribution is 2.50. The fourth-order valence-corrected chi connectivity index (χ4v) is 8.05. The lowest BCUT2D eigenvalue weighted by atomic mass is 9.78. The minimum Gasteiger partial charge on any atom is -0.507 e. The molecule has 2 N–H and O–H groups in total. The van der Waals surface area contributed by atoms with Crippen molar-refractivity contribution in [3.8, 4) is 61.8 Å². The van der Waals surface area contributed by atoms with Gasteiger partial charge in [0.2, 0.25) is 0 Å². The number of unbranched alkanes of at least 4 members (excludes halogenated alkanes) is 1. The van der Waals surface area contributed by atoms with Crippen LogP contribution < -0.4 is 4.74 Å². The maximum Gasteiger partial charge on any atom is 0.135 e. The second-order valence-electron chi connectivity index (χ2n) is 20.8. The predicted octanol–water partition coefficient (Wildman–Crippen LogP) is 15.4. The summed E-state index contributed by atoms with van der Waals surface area (Å²) in [4.78, 5) is 0. The number of hydrogen-bond donors (Lipinski definition) is 2. The van der Waals surface area contributed by atoms with E-state index in [9.17, 15) is 10.2 Å². The number of benzene rings is 5. The molecule has 310 valence electrons. The summed E-state index contributed by atoms with van der Waals surface area (Å²) in [5, 5.41) is 25.0. The molecule has 3 nitrogen and oxygen atoms in total. The third-order valence-corrected chi connectivity index (χ3v) is 12.0. The fraction of sp³-hybridized carbons (Fsp3) is 0.444. The number of hydrogen-bond acceptors (Lipinski definition) is 4. The Kier molecular flexibility index (Phi) is 13.1. The third-order valence-electron chi connectivity index (χ3n) is 11.3. The van der Waals surface area contributed by atoms with Gasteiger partial charge >= 0.3 is 0 Å². The molecule has 0 amide bonds. The molecule has 0 saturated carbocycles. The van der Waals surface area contributed by atoms with Crippen LogP contribution in [0.5, 0.6) is 17.2 Å². The molecule has 0 heterocycles. The molecule has 5 aromatic rings. The molecular formula is C54H70O3S. The van der Waals surface area contributed by atoms with Crippen molar-refractivity contribution in [3.05, 3.63) is 112 Å². The topological polar surface area (TPSA) is 49.7 Å². The molecule has 0 fully saturated rings. The molecule has 5 rings (SSSR count). The van der Waals surface area contributed by atoms with Crippen LogP contribution in [0.15, 0.2) is 72.8 Å². The molecule has 0 aliphatic rings. The number of aromatic hydroxyl groups is 2. The van der Waals surface area contributed by atoms with Crippen molar-refractivity contribution in [1.82, 2.24) is 0 Å². The van der Waals surface area contributed by atoms with E-state index in [1.165, 1.54) is 22.3 Å². The molecule has 58 heavy (non-hydrogen) atoms. The van der Waals surface area contributed by atoms with E-state index in [-0.39, 0.29) is 33.2 Å². The molecule has 0 aliphatic heterocycles. The van der Waals surface area contributed by atoms with Crippen molar-refractivity contribution >= 4 is 11.8 Å². The van der Waals surface area contributed by atoms with E-state index in [1.54, 1.807) is 0 Å². The van der Waals surface area contributed by atoms with Gasteiger partial charge in [0.1, 0.15) is 17.2 Å². The second-order valence-corrected chi connectivity index (χ2v) is 21.7. The number of phenolic OH excluding ortho intramolecular Hbond substituents is 2. The van der Waals surface area contributed by atoms with E-state index in [2.05, 4.69) is 183 Å². The van der Waals surface area contributed by atoms with Gasteiger partial charge in [-0.25, -0.2) is 0 Å². The standard InChI is InChI=1S/C54H70O3S/c1-33-21-42(36-27-38(51(4,5)6)31-39(28-36)52(7,8)9)48(55)44(23-33)46-25-35(3)26-47(50(46)57-19-17-18-20-58-16)45-24-34(2)22-43(49(45)56)37-29-40(53(10,11)12)32-41(30-37)54(13,14)15/h21-32,55-56H,17-20H2,1-16H3. The van der Waals surface area contributed by atoms with Crippen molar-refractivity contribution in [3.63, 3.8) is 0 Å². The molecule has 0 saturated heterocycles. The zero-order valence-electron chi connectivity index (χ0n) is 38.5. The molecular weight excluding hydrogens is 729 g/mol. The minimum atomic E-state index is -0.0714. The molecule has 0 radical (unpaired) electrons. The molecule has 0 spiro atoms. The largest absolute Gasteiger partial charge is 0.507 e. The Hall–Kier alpha value is -4.15. The van der Waals surface area contributed by atoms with E-state index >= 15 is 0 Å². The monoisotopic (exact) mass is 799 g/mol. The van der Waals surface area contributed by atoms with Gasteiger partial charge in [-0.2, -0.15) is 11.8 Å². The van der Waals surface area contributed by atoms with Crippen molar-refractivity contribution in [2.75, 3.05) is 18.6 Å². The quantitative estimate of drug-likeness (QED) is 0.138. The van der Waals surface area contributed by atoms with Gasteiger partial charge < -0.3 is 14.9 Å². The number of rotatable bonds is 10. The summed E-state index contributed by atoms with van der Waals surface area (Å²) < 4.78 is 6.88. The van der Waals surface area contributed by atoms with Gasteiger partial charge in [0.15, 0.2) is 0 Å². The van der Waals surface area contributed by atoms with Crippen molar-refractivity contribution in [2.45, 2.75) is 138 Å². The summed E-state index contributed by atoms with van der Waals surface area (Å²) in [5.41, 5.74) is 14.4. The third kappa shape index (κ3) is 10.2. The SMILES string of the molecule is CSCCCCOc1c(-c2cc(C)cc(-c3cc(C(C)(C)C)cc(C(C)(C)C)c3)c2O)cc(C)cc1-c1cc(C)cc(-c2cc(C(C)(C)C)cc(C(C)(C)C)c2)c1O. The van der Waals surface area contributed by atoms with Crippen LogP contribution in [0.4, 0.5) is 0 Å². The molecule has 0 bridgehead atoms. The van der Waals surface area contributed by atoms with Crippen LogP contribution in [-0.4, -0.2) is 28.8 Å². The van der Waals surface area contributed by atoms with Crippen LogP contribution in [0.1, 0.15) is 135 Å². The minimum absolute atomic E-state index is 0.0714. The van der Waals surface area contributed by atoms with Crippen LogP contribution in [0.3, 0.4) is 0 Å². The summed E-state index contributed by atoms with van der Waals surface area (Å²) in [6.07, 6.45) is 4.07. The lowest BCUT2D eigenvalue weighted by Gasteiger charge is -2.27. The number of aryl methyl sites for hydroxylation is 3. The normalized spacial score (nSPS) is 12.6. The first-order valence-corrected chi connectivity index (χ1v) is 22.5. The Bertz CT molecular complexity index is 2070. The first-order chi connectivity index (χ1) is 26.8. The van der Waals surface area contributed by atoms with E-state index in [1.807, 2.05) is 11.8 Å². The highest BCUT2D eigenvalue weighted by molar-refractivity contribution is 7.98. The van der Waals surface area contributed by atoms with Crippen LogP contribution in [0.25, 0.3) is 44.5 Å². The lowest BCUT2D eigenvalue weighted by Crippen LogP contribution is -2.16. The van der Waals surface area contributed by atoms with Gasteiger partial charge in [0, 0.05) is 33.4 Å². The van der Waals surface area contributed by atoms with E-state index < -0.39 is 0 Å². The molecule has 0 atom stereocenters. The summed E-state index contributed by atoms with van der Waals surface area (Å²) in [7, 11) is 0. The number of phenols is 2. The zero-order valence-corrected chi connectivity index (χ0v) is 39.3. The average molecular weight is 799 g/mol. The smallest absolute Gasteiger partial charge is 0.135 e. The predicted molar refractivity (Wildman–Crippen MR) is 254 cm³/mol. The van der Waals surface area contributed by atoms with Gasteiger partial charge in [0.25, 0.3) is 0 Å². The second kappa shape index (κ2) is 16.8. The zero-order chi connectivity index (χ0) is 43.1. The maximum absolute atomic E-state index is 12.5. The first-order valence-electron chi connectivity index (χ1n) is 21.1. The number of thioether (sulfide) groups is 1. The summed E-state index contributed by atoms with van der Waals surface area (Å²) in [6, 6.07) is 26.2. The van der Waals surface area contributed by atoms with Crippen molar-refractivity contribution < 1.29 is 14.9 Å². The van der Waals surface area contributed by atoms with Crippen molar-refractivity contribution in [1.29, 1.82) is 0 Å². The van der Waals surface area contributed by atoms with Gasteiger partial charge in [0.05, 0.1) is 6.61 Å². The van der Waals surface area contributed by atoms with Crippen LogP contribution in [-0.2, 0) is 21.7 Å². The highest BCUT2D eigenvalue weighted by atomic mass is 32.2. The van der Waals surface area contributed by atoms with Gasteiger partial charge in [-0.15, -0.1) is 0 Å². The highest BCUT2D eigenvalue weighted by Gasteiger charge is 2.27. The lowest BCUT2D eigenvalue weighted by molar-refractivity contribution is 0.312. The average Bonchev–Trinajstić information content (AvgIpc) is 3.11. The Labute approximate surface area is 355 Å². The van der Waals surface area contributed by atoms with Gasteiger partial charge in [-0.3, -0.25) is 0 Å². The Morgan fingerprint density at radius 1 is 0.431 bits per heavy atom. The fourth-order valence-electron chi connectivity index (χ4n) is 7.56. The van der Waals surface area contributed by atoms with E-state index in [0.717, 1.165) is 79.8 Å². The maximum atomic E-state index is 12.5. The van der Waals surface area contributed by atoms with Crippen LogP contribution >= 0.6 is 11.8 Å². The number of ether oxygens (including phenoxy) is 1. The molecule has 5 aromatic carbocycles. The summed E-state index contributed by atoms with van der Waals surface area (Å²) in [6.45, 7) is 33.7. The summed E-state index contributed by atoms with van der Waals surface area (Å²) in [5.74, 6) is 2.19. The molecule has 4 heteroatoms. The Morgan fingerprint density at radius 3 is 1.05 bits per heavy atom. The van der Waals surface area contributed by atoms with Crippen LogP contribution in [0.2, 0.25) is 0 Å².